The summed E-state index contributed by atoms with van der Waals surface area (Å²) in [6.07, 6.45) is 4.74. The molecule has 1 aromatic rings. The minimum atomic E-state index is -3.62. The number of hydrogen-bond acceptors (Lipinski definition) is 4. The number of sulfonamides is 1. The van der Waals surface area contributed by atoms with Crippen molar-refractivity contribution >= 4 is 15.9 Å². The number of ether oxygens (including phenoxy) is 1. The van der Waals surface area contributed by atoms with E-state index in [0.717, 1.165) is 12.8 Å². The van der Waals surface area contributed by atoms with Gasteiger partial charge in [-0.25, -0.2) is 8.42 Å². The molecule has 1 saturated heterocycles. The lowest BCUT2D eigenvalue weighted by Crippen LogP contribution is -2.49. The highest BCUT2D eigenvalue weighted by molar-refractivity contribution is 7.89. The molecule has 0 unspecified atom stereocenters. The van der Waals surface area contributed by atoms with Gasteiger partial charge in [0.25, 0.3) is 0 Å². The Balaban J connectivity index is 1.72. The van der Waals surface area contributed by atoms with Crippen LogP contribution < -0.4 is 10.1 Å². The highest BCUT2D eigenvalue weighted by Gasteiger charge is 2.29. The van der Waals surface area contributed by atoms with Crippen LogP contribution in [0.1, 0.15) is 25.7 Å². The number of piperazine rings is 1. The first kappa shape index (κ1) is 15.3. The fraction of sp³-hybridized carbons (Fsp3) is 0.533. The molecule has 2 fully saturated rings. The van der Waals surface area contributed by atoms with E-state index in [2.05, 4.69) is 5.32 Å². The first-order valence-corrected chi connectivity index (χ1v) is 9.03. The van der Waals surface area contributed by atoms with Gasteiger partial charge in [-0.05, 0) is 49.9 Å². The Labute approximate surface area is 130 Å². The summed E-state index contributed by atoms with van der Waals surface area (Å²) < 4.78 is 32.0. The van der Waals surface area contributed by atoms with E-state index in [1.807, 2.05) is 0 Å². The predicted octanol–water partition coefficient (Wildman–Crippen LogP) is 1.13. The Hall–Kier alpha value is -1.60. The van der Waals surface area contributed by atoms with E-state index in [9.17, 15) is 13.2 Å². The minimum Gasteiger partial charge on any atom is -0.490 e. The van der Waals surface area contributed by atoms with Gasteiger partial charge in [-0.1, -0.05) is 0 Å². The van der Waals surface area contributed by atoms with E-state index in [1.165, 1.54) is 17.1 Å². The average Bonchev–Trinajstić information content (AvgIpc) is 3.01. The third kappa shape index (κ3) is 3.25. The van der Waals surface area contributed by atoms with Crippen LogP contribution in [0.25, 0.3) is 0 Å². The number of hydrogen-bond donors (Lipinski definition) is 1. The van der Waals surface area contributed by atoms with Crippen molar-refractivity contribution in [2.75, 3.05) is 19.6 Å². The molecule has 1 amide bonds. The van der Waals surface area contributed by atoms with E-state index in [4.69, 9.17) is 4.74 Å². The maximum absolute atomic E-state index is 12.5. The summed E-state index contributed by atoms with van der Waals surface area (Å²) in [5, 5.41) is 2.62. The number of carbonyl (C=O) groups excluding carboxylic acids is 1. The van der Waals surface area contributed by atoms with Gasteiger partial charge < -0.3 is 10.1 Å². The second-order valence-corrected chi connectivity index (χ2v) is 7.62. The van der Waals surface area contributed by atoms with Gasteiger partial charge in [0.2, 0.25) is 15.9 Å². The summed E-state index contributed by atoms with van der Waals surface area (Å²) in [4.78, 5) is 11.6. The molecule has 0 spiro atoms. The zero-order valence-electron chi connectivity index (χ0n) is 12.3. The largest absolute Gasteiger partial charge is 0.490 e. The van der Waals surface area contributed by atoms with E-state index in [1.54, 1.807) is 24.3 Å². The van der Waals surface area contributed by atoms with E-state index >= 15 is 0 Å². The van der Waals surface area contributed by atoms with Crippen LogP contribution in [0.2, 0.25) is 0 Å². The number of nitrogens with one attached hydrogen (secondary N) is 1. The molecule has 120 valence electrons. The molecule has 0 radical (unpaired) electrons. The number of benzene rings is 1. The Bertz CT molecular complexity index is 636. The molecule has 6 nitrogen and oxygen atoms in total. The highest BCUT2D eigenvalue weighted by Crippen LogP contribution is 2.25. The zero-order valence-corrected chi connectivity index (χ0v) is 13.1. The molecule has 2 aliphatic rings. The van der Waals surface area contributed by atoms with Gasteiger partial charge in [0.15, 0.2) is 0 Å². The van der Waals surface area contributed by atoms with Gasteiger partial charge in [-0.15, -0.1) is 0 Å². The Kier molecular flexibility index (Phi) is 4.35. The lowest BCUT2D eigenvalue weighted by molar-refractivity contribution is -0.122. The monoisotopic (exact) mass is 324 g/mol. The minimum absolute atomic E-state index is 0.122. The summed E-state index contributed by atoms with van der Waals surface area (Å²) in [5.41, 5.74) is 0. The molecule has 1 heterocycles. The third-order valence-corrected chi connectivity index (χ3v) is 5.93. The second-order valence-electron chi connectivity index (χ2n) is 5.68. The molecule has 1 N–H and O–H groups in total. The molecule has 1 aliphatic heterocycles. The van der Waals surface area contributed by atoms with Crippen LogP contribution in [0.3, 0.4) is 0 Å². The van der Waals surface area contributed by atoms with E-state index in [0.29, 0.717) is 18.8 Å². The van der Waals surface area contributed by atoms with Crippen LogP contribution in [0.5, 0.6) is 5.75 Å². The number of nitrogens with zero attached hydrogens (tertiary/aromatic N) is 1. The molecular formula is C15H20N2O4S. The maximum Gasteiger partial charge on any atom is 0.243 e. The molecule has 22 heavy (non-hydrogen) atoms. The quantitative estimate of drug-likeness (QED) is 0.901. The van der Waals surface area contributed by atoms with Crippen molar-refractivity contribution in [3.8, 4) is 5.75 Å². The smallest absolute Gasteiger partial charge is 0.243 e. The number of carbonyl (C=O) groups is 1. The highest BCUT2D eigenvalue weighted by atomic mass is 32.2. The van der Waals surface area contributed by atoms with Gasteiger partial charge >= 0.3 is 0 Å². The molecule has 1 aromatic carbocycles. The molecule has 0 atom stereocenters. The van der Waals surface area contributed by atoms with Gasteiger partial charge in [0, 0.05) is 13.1 Å². The average molecular weight is 324 g/mol. The number of rotatable bonds is 4. The van der Waals surface area contributed by atoms with Crippen LogP contribution >= 0.6 is 0 Å². The lowest BCUT2D eigenvalue weighted by Gasteiger charge is -2.26. The first-order chi connectivity index (χ1) is 10.6. The Morgan fingerprint density at radius 3 is 2.45 bits per heavy atom. The van der Waals surface area contributed by atoms with Crippen LogP contribution in [0.4, 0.5) is 0 Å². The zero-order chi connectivity index (χ0) is 15.6. The van der Waals surface area contributed by atoms with Crippen molar-refractivity contribution in [3.63, 3.8) is 0 Å². The van der Waals surface area contributed by atoms with Crippen LogP contribution in [-0.2, 0) is 14.8 Å². The van der Waals surface area contributed by atoms with Crippen molar-refractivity contribution in [2.24, 2.45) is 0 Å². The fourth-order valence-electron chi connectivity index (χ4n) is 2.86. The summed E-state index contributed by atoms with van der Waals surface area (Å²) in [5.74, 6) is 0.429. The standard InChI is InChI=1S/C15H20N2O4S/c18-15-11-17(10-9-16-15)22(19,20)14-7-5-13(6-8-14)21-12-3-1-2-4-12/h5-8,12H,1-4,9-11H2,(H,16,18). The van der Waals surface area contributed by atoms with Gasteiger partial charge in [0.05, 0.1) is 17.5 Å². The van der Waals surface area contributed by atoms with Crippen molar-refractivity contribution in [1.29, 1.82) is 0 Å². The van der Waals surface area contributed by atoms with Crippen LogP contribution in [0, 0.1) is 0 Å². The van der Waals surface area contributed by atoms with Gasteiger partial charge in [0.1, 0.15) is 5.75 Å². The van der Waals surface area contributed by atoms with Crippen LogP contribution in [0.15, 0.2) is 29.2 Å². The molecule has 1 saturated carbocycles. The molecule has 0 bridgehead atoms. The fourth-order valence-corrected chi connectivity index (χ4v) is 4.26. The molecule has 7 heteroatoms. The molecular weight excluding hydrogens is 304 g/mol. The summed E-state index contributed by atoms with van der Waals surface area (Å²) in [7, 11) is -3.62. The third-order valence-electron chi connectivity index (χ3n) is 4.07. The lowest BCUT2D eigenvalue weighted by atomic mass is 10.3. The van der Waals surface area contributed by atoms with Gasteiger partial charge in [-0.2, -0.15) is 4.31 Å². The van der Waals surface area contributed by atoms with Crippen molar-refractivity contribution in [3.05, 3.63) is 24.3 Å². The molecule has 3 rings (SSSR count). The summed E-state index contributed by atoms with van der Waals surface area (Å²) >= 11 is 0. The topological polar surface area (TPSA) is 75.7 Å². The maximum atomic E-state index is 12.5. The van der Waals surface area contributed by atoms with Crippen molar-refractivity contribution in [2.45, 2.75) is 36.7 Å². The van der Waals surface area contributed by atoms with E-state index < -0.39 is 10.0 Å². The van der Waals surface area contributed by atoms with E-state index in [-0.39, 0.29) is 23.5 Å². The first-order valence-electron chi connectivity index (χ1n) is 7.59. The molecule has 0 aromatic heterocycles. The Morgan fingerprint density at radius 1 is 1.14 bits per heavy atom. The summed E-state index contributed by atoms with van der Waals surface area (Å²) in [6, 6.07) is 6.47. The molecule has 1 aliphatic carbocycles. The van der Waals surface area contributed by atoms with Gasteiger partial charge in [-0.3, -0.25) is 4.79 Å². The predicted molar refractivity (Wildman–Crippen MR) is 81.1 cm³/mol. The van der Waals surface area contributed by atoms with Crippen molar-refractivity contribution < 1.29 is 17.9 Å². The SMILES string of the molecule is O=C1CN(S(=O)(=O)c2ccc(OC3CCCC3)cc2)CCN1. The summed E-state index contributed by atoms with van der Waals surface area (Å²) in [6.45, 7) is 0.526. The normalized spacial score (nSPS) is 20.8. The Morgan fingerprint density at radius 2 is 1.82 bits per heavy atom. The number of amides is 1. The van der Waals surface area contributed by atoms with Crippen molar-refractivity contribution in [1.82, 2.24) is 9.62 Å². The second kappa shape index (κ2) is 6.26. The van der Waals surface area contributed by atoms with Crippen LogP contribution in [-0.4, -0.2) is 44.4 Å².